The molecule has 2 aromatic heterocycles. The summed E-state index contributed by atoms with van der Waals surface area (Å²) in [6.07, 6.45) is 1.54. The number of hydrogen-bond donors (Lipinski definition) is 3. The highest BCUT2D eigenvalue weighted by molar-refractivity contribution is 5.95. The van der Waals surface area contributed by atoms with E-state index in [9.17, 15) is 14.4 Å². The quantitative estimate of drug-likeness (QED) is 0.439. The zero-order valence-corrected chi connectivity index (χ0v) is 16.6. The van der Waals surface area contributed by atoms with Crippen molar-refractivity contribution in [1.82, 2.24) is 9.88 Å². The summed E-state index contributed by atoms with van der Waals surface area (Å²) in [5.74, 6) is -0.318. The molecule has 1 unspecified atom stereocenters. The second kappa shape index (κ2) is 8.62. The number of hydrogen-bond acceptors (Lipinski definition) is 5. The van der Waals surface area contributed by atoms with Crippen molar-refractivity contribution in [3.05, 3.63) is 83.2 Å². The van der Waals surface area contributed by atoms with Gasteiger partial charge in [-0.15, -0.1) is 0 Å². The molecule has 4 aromatic rings. The second-order valence-corrected chi connectivity index (χ2v) is 6.84. The average Bonchev–Trinajstić information content (AvgIpc) is 3.40. The summed E-state index contributed by atoms with van der Waals surface area (Å²) >= 11 is 0. The van der Waals surface area contributed by atoms with Crippen LogP contribution in [0.3, 0.4) is 0 Å². The molecule has 9 nitrogen and oxygen atoms in total. The maximum atomic E-state index is 12.7. The Hall–Kier alpha value is -4.27. The topological polar surface area (TPSA) is 119 Å². The number of urea groups is 1. The molecular formula is C22H20N4O5. The number of fused-ring (bicyclic) bond motifs is 1. The van der Waals surface area contributed by atoms with Crippen LogP contribution in [0.1, 0.15) is 18.7 Å². The molecule has 158 valence electrons. The minimum atomic E-state index is -0.777. The van der Waals surface area contributed by atoms with Crippen LogP contribution in [0, 0.1) is 0 Å². The van der Waals surface area contributed by atoms with Gasteiger partial charge < -0.3 is 24.8 Å². The smallest absolute Gasteiger partial charge is 0.420 e. The van der Waals surface area contributed by atoms with Crippen molar-refractivity contribution in [2.45, 2.75) is 19.5 Å². The molecule has 0 saturated carbocycles. The van der Waals surface area contributed by atoms with Crippen LogP contribution in [-0.2, 0) is 11.3 Å². The Morgan fingerprint density at radius 2 is 1.68 bits per heavy atom. The first-order valence-corrected chi connectivity index (χ1v) is 9.59. The van der Waals surface area contributed by atoms with Crippen LogP contribution in [0.15, 0.2) is 80.6 Å². The van der Waals surface area contributed by atoms with Crippen molar-refractivity contribution in [3.63, 3.8) is 0 Å². The minimum absolute atomic E-state index is 0.271. The molecule has 0 aliphatic rings. The largest absolute Gasteiger partial charge is 0.467 e. The molecule has 0 saturated heterocycles. The van der Waals surface area contributed by atoms with E-state index >= 15 is 0 Å². The van der Waals surface area contributed by atoms with Gasteiger partial charge in [0.2, 0.25) is 5.91 Å². The van der Waals surface area contributed by atoms with Crippen molar-refractivity contribution in [3.8, 4) is 0 Å². The summed E-state index contributed by atoms with van der Waals surface area (Å²) in [6.45, 7) is 1.89. The summed E-state index contributed by atoms with van der Waals surface area (Å²) in [4.78, 5) is 36.8. The van der Waals surface area contributed by atoms with Crippen molar-refractivity contribution >= 4 is 34.4 Å². The first-order chi connectivity index (χ1) is 15.0. The number of furan rings is 1. The van der Waals surface area contributed by atoms with Crippen LogP contribution in [0.5, 0.6) is 0 Å². The van der Waals surface area contributed by atoms with Gasteiger partial charge in [0.1, 0.15) is 11.8 Å². The number of para-hydroxylation sites is 2. The lowest BCUT2D eigenvalue weighted by atomic mass is 10.2. The fourth-order valence-corrected chi connectivity index (χ4v) is 3.11. The monoisotopic (exact) mass is 420 g/mol. The molecule has 4 rings (SSSR count). The first-order valence-electron chi connectivity index (χ1n) is 9.59. The maximum absolute atomic E-state index is 12.7. The highest BCUT2D eigenvalue weighted by Crippen LogP contribution is 2.19. The van der Waals surface area contributed by atoms with Crippen LogP contribution in [0.25, 0.3) is 11.1 Å². The summed E-state index contributed by atoms with van der Waals surface area (Å²) < 4.78 is 11.7. The van der Waals surface area contributed by atoms with Gasteiger partial charge in [0.15, 0.2) is 5.58 Å². The number of carbonyl (C=O) groups excluding carboxylic acids is 2. The third-order valence-corrected chi connectivity index (χ3v) is 4.70. The predicted octanol–water partition coefficient (Wildman–Crippen LogP) is 3.71. The zero-order valence-electron chi connectivity index (χ0n) is 16.6. The third-order valence-electron chi connectivity index (χ3n) is 4.70. The van der Waals surface area contributed by atoms with Gasteiger partial charge in [-0.2, -0.15) is 0 Å². The van der Waals surface area contributed by atoms with Gasteiger partial charge in [-0.3, -0.25) is 9.36 Å². The van der Waals surface area contributed by atoms with E-state index in [0.29, 0.717) is 28.2 Å². The molecule has 2 aromatic carbocycles. The Labute approximate surface area is 176 Å². The Bertz CT molecular complexity index is 1260. The van der Waals surface area contributed by atoms with Crippen molar-refractivity contribution in [2.75, 3.05) is 10.6 Å². The number of nitrogens with zero attached hydrogens (tertiary/aromatic N) is 1. The molecular weight excluding hydrogens is 400 g/mol. The lowest BCUT2D eigenvalue weighted by Crippen LogP contribution is -2.29. The molecule has 0 bridgehead atoms. The van der Waals surface area contributed by atoms with Gasteiger partial charge in [-0.1, -0.05) is 12.1 Å². The highest BCUT2D eigenvalue weighted by Gasteiger charge is 2.21. The number of carbonyl (C=O) groups is 2. The van der Waals surface area contributed by atoms with Gasteiger partial charge in [-0.25, -0.2) is 9.59 Å². The Morgan fingerprint density at radius 1 is 0.968 bits per heavy atom. The van der Waals surface area contributed by atoms with E-state index in [0.717, 1.165) is 0 Å². The number of rotatable bonds is 6. The van der Waals surface area contributed by atoms with E-state index in [1.807, 2.05) is 0 Å². The SMILES string of the molecule is CC(C(=O)Nc1ccc(NC(=O)NCc2ccco2)cc1)n1c(=O)oc2ccccc21. The molecule has 31 heavy (non-hydrogen) atoms. The lowest BCUT2D eigenvalue weighted by Gasteiger charge is -2.13. The molecule has 0 radical (unpaired) electrons. The van der Waals surface area contributed by atoms with Crippen LogP contribution in [-0.4, -0.2) is 16.5 Å². The van der Waals surface area contributed by atoms with Crippen molar-refractivity contribution in [2.24, 2.45) is 0 Å². The predicted molar refractivity (Wildman–Crippen MR) is 115 cm³/mol. The van der Waals surface area contributed by atoms with Gasteiger partial charge in [-0.05, 0) is 55.5 Å². The second-order valence-electron chi connectivity index (χ2n) is 6.84. The van der Waals surface area contributed by atoms with Crippen molar-refractivity contribution < 1.29 is 18.4 Å². The molecule has 3 N–H and O–H groups in total. The molecule has 1 atom stereocenters. The van der Waals surface area contributed by atoms with E-state index in [1.54, 1.807) is 67.6 Å². The molecule has 0 spiro atoms. The van der Waals surface area contributed by atoms with E-state index in [4.69, 9.17) is 8.83 Å². The van der Waals surface area contributed by atoms with Gasteiger partial charge in [0.05, 0.1) is 18.3 Å². The Morgan fingerprint density at radius 3 is 2.39 bits per heavy atom. The standard InChI is InChI=1S/C22H20N4O5/c1-14(26-18-6-2-3-7-19(18)31-22(26)29)20(27)24-15-8-10-16(11-9-15)25-21(28)23-13-17-5-4-12-30-17/h2-12,14H,13H2,1H3,(H,24,27)(H2,23,25,28). The molecule has 0 aliphatic heterocycles. The molecule has 0 fully saturated rings. The van der Waals surface area contributed by atoms with E-state index in [2.05, 4.69) is 16.0 Å². The van der Waals surface area contributed by atoms with Gasteiger partial charge in [0.25, 0.3) is 0 Å². The van der Waals surface area contributed by atoms with Crippen LogP contribution < -0.4 is 21.7 Å². The number of aromatic nitrogens is 1. The number of amides is 3. The Kier molecular flexibility index (Phi) is 5.57. The fraction of sp³-hybridized carbons (Fsp3) is 0.136. The average molecular weight is 420 g/mol. The summed E-state index contributed by atoms with van der Waals surface area (Å²) in [7, 11) is 0. The molecule has 0 aliphatic carbocycles. The minimum Gasteiger partial charge on any atom is -0.467 e. The number of anilines is 2. The number of benzene rings is 2. The Balaban J connectivity index is 1.37. The fourth-order valence-electron chi connectivity index (χ4n) is 3.11. The lowest BCUT2D eigenvalue weighted by molar-refractivity contribution is -0.118. The normalized spacial score (nSPS) is 11.8. The van der Waals surface area contributed by atoms with Crippen LogP contribution >= 0.6 is 0 Å². The summed E-state index contributed by atoms with van der Waals surface area (Å²) in [6, 6.07) is 15.9. The maximum Gasteiger partial charge on any atom is 0.420 e. The zero-order chi connectivity index (χ0) is 21.8. The molecule has 2 heterocycles. The van der Waals surface area contributed by atoms with Crippen molar-refractivity contribution in [1.29, 1.82) is 0 Å². The number of oxazole rings is 1. The van der Waals surface area contributed by atoms with E-state index in [1.165, 1.54) is 10.8 Å². The molecule has 9 heteroatoms. The van der Waals surface area contributed by atoms with Crippen LogP contribution in [0.2, 0.25) is 0 Å². The van der Waals surface area contributed by atoms with Gasteiger partial charge >= 0.3 is 11.8 Å². The highest BCUT2D eigenvalue weighted by atomic mass is 16.4. The molecule has 3 amide bonds. The first kappa shape index (κ1) is 20.0. The third kappa shape index (κ3) is 4.50. The van der Waals surface area contributed by atoms with E-state index in [-0.39, 0.29) is 18.5 Å². The van der Waals surface area contributed by atoms with Crippen LogP contribution in [0.4, 0.5) is 16.2 Å². The van der Waals surface area contributed by atoms with Gasteiger partial charge in [0, 0.05) is 11.4 Å². The summed E-state index contributed by atoms with van der Waals surface area (Å²) in [5.41, 5.74) is 2.06. The summed E-state index contributed by atoms with van der Waals surface area (Å²) in [5, 5.41) is 8.14. The number of nitrogens with one attached hydrogen (secondary N) is 3. The van der Waals surface area contributed by atoms with E-state index < -0.39 is 11.8 Å².